The maximum atomic E-state index is 12.7. The number of aliphatic hydroxyl groups is 1. The van der Waals surface area contributed by atoms with Gasteiger partial charge in [-0.15, -0.1) is 0 Å². The molecule has 0 bridgehead atoms. The largest absolute Gasteiger partial charge is 0.487 e. The molecule has 0 unspecified atom stereocenters. The highest BCUT2D eigenvalue weighted by molar-refractivity contribution is 5.76. The van der Waals surface area contributed by atoms with Crippen molar-refractivity contribution in [3.63, 3.8) is 0 Å². The second-order valence-corrected chi connectivity index (χ2v) is 7.03. The SMILES string of the molecule is COC(=O)[C@H](O)C(C)(C)c1cc(C)ccc1OCc1ccnn1CC(F)(F)F. The summed E-state index contributed by atoms with van der Waals surface area (Å²) in [6, 6.07) is 6.62. The van der Waals surface area contributed by atoms with E-state index in [0.717, 1.165) is 10.2 Å². The van der Waals surface area contributed by atoms with E-state index in [-0.39, 0.29) is 12.3 Å². The van der Waals surface area contributed by atoms with E-state index < -0.39 is 30.2 Å². The first kappa shape index (κ1) is 21.7. The lowest BCUT2D eigenvalue weighted by molar-refractivity contribution is -0.153. The van der Waals surface area contributed by atoms with Crippen molar-refractivity contribution < 1.29 is 32.5 Å². The van der Waals surface area contributed by atoms with Crippen LogP contribution in [0.4, 0.5) is 13.2 Å². The van der Waals surface area contributed by atoms with Crippen LogP contribution in [-0.2, 0) is 28.1 Å². The molecule has 28 heavy (non-hydrogen) atoms. The van der Waals surface area contributed by atoms with Gasteiger partial charge in [0.2, 0.25) is 0 Å². The number of aryl methyl sites for hydroxylation is 1. The number of aliphatic hydroxyl groups excluding tert-OH is 1. The van der Waals surface area contributed by atoms with Crippen molar-refractivity contribution in [1.29, 1.82) is 0 Å². The average molecular weight is 400 g/mol. The van der Waals surface area contributed by atoms with Gasteiger partial charge < -0.3 is 14.6 Å². The molecule has 0 spiro atoms. The summed E-state index contributed by atoms with van der Waals surface area (Å²) in [6.07, 6.45) is -4.58. The average Bonchev–Trinajstić information content (AvgIpc) is 3.04. The van der Waals surface area contributed by atoms with Gasteiger partial charge in [0, 0.05) is 17.2 Å². The molecule has 1 N–H and O–H groups in total. The molecular weight excluding hydrogens is 377 g/mol. The van der Waals surface area contributed by atoms with Crippen molar-refractivity contribution in [2.45, 2.75) is 51.6 Å². The zero-order chi connectivity index (χ0) is 21.1. The molecule has 2 aromatic rings. The van der Waals surface area contributed by atoms with Crippen LogP contribution in [-0.4, -0.2) is 40.2 Å². The third-order valence-electron chi connectivity index (χ3n) is 4.45. The Balaban J connectivity index is 2.29. The number of rotatable bonds is 7. The van der Waals surface area contributed by atoms with Crippen LogP contribution in [0, 0.1) is 6.92 Å². The van der Waals surface area contributed by atoms with Gasteiger partial charge in [0.05, 0.1) is 12.8 Å². The Bertz CT molecular complexity index is 831. The molecule has 6 nitrogen and oxygen atoms in total. The molecule has 0 radical (unpaired) electrons. The fourth-order valence-corrected chi connectivity index (χ4v) is 2.77. The number of alkyl halides is 3. The molecule has 1 aromatic carbocycles. The van der Waals surface area contributed by atoms with Crippen molar-refractivity contribution in [3.05, 3.63) is 47.3 Å². The molecule has 9 heteroatoms. The first-order valence-electron chi connectivity index (χ1n) is 8.53. The Kier molecular flexibility index (Phi) is 6.38. The number of hydrogen-bond acceptors (Lipinski definition) is 5. The Hall–Kier alpha value is -2.55. The monoisotopic (exact) mass is 400 g/mol. The van der Waals surface area contributed by atoms with E-state index in [1.807, 2.05) is 6.92 Å². The van der Waals surface area contributed by atoms with Gasteiger partial charge in [-0.2, -0.15) is 18.3 Å². The summed E-state index contributed by atoms with van der Waals surface area (Å²) < 4.78 is 49.2. The smallest absolute Gasteiger partial charge is 0.408 e. The van der Waals surface area contributed by atoms with Gasteiger partial charge in [-0.05, 0) is 19.1 Å². The molecule has 0 amide bonds. The predicted molar refractivity (Wildman–Crippen MR) is 94.8 cm³/mol. The Morgan fingerprint density at radius 3 is 2.57 bits per heavy atom. The third kappa shape index (κ3) is 5.03. The lowest BCUT2D eigenvalue weighted by Crippen LogP contribution is -2.41. The molecular formula is C19H23F3N2O4. The minimum Gasteiger partial charge on any atom is -0.487 e. The number of methoxy groups -OCH3 is 1. The van der Waals surface area contributed by atoms with Crippen molar-refractivity contribution >= 4 is 5.97 Å². The Morgan fingerprint density at radius 1 is 1.29 bits per heavy atom. The molecule has 1 heterocycles. The molecule has 0 aliphatic carbocycles. The number of hydrogen-bond donors (Lipinski definition) is 1. The number of carbonyl (C=O) groups is 1. The highest BCUT2D eigenvalue weighted by atomic mass is 19.4. The minimum absolute atomic E-state index is 0.156. The maximum absolute atomic E-state index is 12.7. The fraction of sp³-hybridized carbons (Fsp3) is 0.474. The second kappa shape index (κ2) is 8.22. The number of halogens is 3. The summed E-state index contributed by atoms with van der Waals surface area (Å²) in [5.41, 5.74) is 0.595. The van der Waals surface area contributed by atoms with E-state index in [0.29, 0.717) is 11.3 Å². The molecule has 0 saturated heterocycles. The van der Waals surface area contributed by atoms with Crippen LogP contribution in [0.2, 0.25) is 0 Å². The normalized spacial score (nSPS) is 13.3. The van der Waals surface area contributed by atoms with E-state index >= 15 is 0 Å². The van der Waals surface area contributed by atoms with E-state index in [2.05, 4.69) is 9.84 Å². The van der Waals surface area contributed by atoms with Crippen LogP contribution in [0.15, 0.2) is 30.5 Å². The third-order valence-corrected chi connectivity index (χ3v) is 4.45. The van der Waals surface area contributed by atoms with Gasteiger partial charge in [0.1, 0.15) is 18.9 Å². The van der Waals surface area contributed by atoms with Crippen LogP contribution < -0.4 is 4.74 Å². The van der Waals surface area contributed by atoms with E-state index in [4.69, 9.17) is 4.74 Å². The molecule has 2 rings (SSSR count). The molecule has 0 aliphatic heterocycles. The molecule has 154 valence electrons. The summed E-state index contributed by atoms with van der Waals surface area (Å²) in [6.45, 7) is 3.78. The van der Waals surface area contributed by atoms with Crippen molar-refractivity contribution in [2.24, 2.45) is 0 Å². The quantitative estimate of drug-likeness (QED) is 0.723. The summed E-state index contributed by atoms with van der Waals surface area (Å²) in [4.78, 5) is 11.8. The highest BCUT2D eigenvalue weighted by Gasteiger charge is 2.38. The van der Waals surface area contributed by atoms with Gasteiger partial charge >= 0.3 is 12.1 Å². The molecule has 1 aromatic heterocycles. The van der Waals surface area contributed by atoms with E-state index in [1.54, 1.807) is 32.0 Å². The zero-order valence-corrected chi connectivity index (χ0v) is 16.1. The molecule has 0 aliphatic rings. The number of esters is 1. The minimum atomic E-state index is -4.40. The van der Waals surface area contributed by atoms with E-state index in [1.165, 1.54) is 19.4 Å². The number of ether oxygens (including phenoxy) is 2. The summed E-state index contributed by atoms with van der Waals surface area (Å²) in [5, 5.41) is 14.0. The van der Waals surface area contributed by atoms with Crippen molar-refractivity contribution in [1.82, 2.24) is 9.78 Å². The zero-order valence-electron chi connectivity index (χ0n) is 16.1. The summed E-state index contributed by atoms with van der Waals surface area (Å²) in [5.74, 6) is -0.445. The van der Waals surface area contributed by atoms with Gasteiger partial charge in [-0.1, -0.05) is 31.5 Å². The van der Waals surface area contributed by atoms with Crippen LogP contribution in [0.3, 0.4) is 0 Å². The van der Waals surface area contributed by atoms with Gasteiger partial charge in [0.15, 0.2) is 6.10 Å². The summed E-state index contributed by atoms with van der Waals surface area (Å²) >= 11 is 0. The molecule has 1 atom stereocenters. The standard InChI is InChI=1S/C19H23F3N2O4/c1-12-5-6-15(14(9-12)18(2,3)16(25)17(26)27-4)28-10-13-7-8-23-24(13)11-19(20,21)22/h5-9,16,25H,10-11H2,1-4H3/t16-/m0/s1. The lowest BCUT2D eigenvalue weighted by atomic mass is 9.78. The first-order valence-corrected chi connectivity index (χ1v) is 8.53. The second-order valence-electron chi connectivity index (χ2n) is 7.03. The van der Waals surface area contributed by atoms with Crippen LogP contribution >= 0.6 is 0 Å². The number of benzene rings is 1. The van der Waals surface area contributed by atoms with Gasteiger partial charge in [0.25, 0.3) is 0 Å². The number of nitrogens with zero attached hydrogens (tertiary/aromatic N) is 2. The van der Waals surface area contributed by atoms with E-state index in [9.17, 15) is 23.1 Å². The fourth-order valence-electron chi connectivity index (χ4n) is 2.77. The van der Waals surface area contributed by atoms with Crippen LogP contribution in [0.1, 0.15) is 30.7 Å². The molecule has 0 saturated carbocycles. The molecule has 0 fully saturated rings. The Morgan fingerprint density at radius 2 is 1.96 bits per heavy atom. The topological polar surface area (TPSA) is 73.6 Å². The predicted octanol–water partition coefficient (Wildman–Crippen LogP) is 3.14. The maximum Gasteiger partial charge on any atom is 0.408 e. The Labute approximate surface area is 160 Å². The number of aromatic nitrogens is 2. The highest BCUT2D eigenvalue weighted by Crippen LogP contribution is 2.36. The van der Waals surface area contributed by atoms with Gasteiger partial charge in [-0.3, -0.25) is 4.68 Å². The van der Waals surface area contributed by atoms with Crippen molar-refractivity contribution in [3.8, 4) is 5.75 Å². The van der Waals surface area contributed by atoms with Crippen LogP contribution in [0.25, 0.3) is 0 Å². The summed E-state index contributed by atoms with van der Waals surface area (Å²) in [7, 11) is 1.18. The van der Waals surface area contributed by atoms with Crippen molar-refractivity contribution in [2.75, 3.05) is 7.11 Å². The van der Waals surface area contributed by atoms with Gasteiger partial charge in [-0.25, -0.2) is 4.79 Å². The van der Waals surface area contributed by atoms with Crippen LogP contribution in [0.5, 0.6) is 5.75 Å². The number of carbonyl (C=O) groups excluding carboxylic acids is 1. The lowest BCUT2D eigenvalue weighted by Gasteiger charge is -2.31. The first-order chi connectivity index (χ1) is 13.0.